The van der Waals surface area contributed by atoms with Crippen molar-refractivity contribution in [1.82, 2.24) is 0 Å². The van der Waals surface area contributed by atoms with E-state index in [4.69, 9.17) is 0 Å². The molecule has 2 aromatic rings. The van der Waals surface area contributed by atoms with Gasteiger partial charge in [-0.05, 0) is 75.0 Å². The number of Topliss-reactive ketones (excluding diaryl/α,β-unsaturated/α-hetero) is 1. The van der Waals surface area contributed by atoms with Crippen molar-refractivity contribution < 1.29 is 62.7 Å². The molecule has 3 heteroatoms. The number of benzene rings is 2. The minimum absolute atomic E-state index is 0. The molecule has 0 saturated heterocycles. The first kappa shape index (κ1) is 27.6. The second-order valence-corrected chi connectivity index (χ2v) is 12.3. The minimum atomic E-state index is -0.189. The van der Waals surface area contributed by atoms with Crippen LogP contribution in [0.2, 0.25) is 0 Å². The van der Waals surface area contributed by atoms with Gasteiger partial charge in [-0.3, -0.25) is 4.79 Å². The molecule has 2 aliphatic rings. The van der Waals surface area contributed by atoms with Gasteiger partial charge in [0.2, 0.25) is 0 Å². The maximum Gasteiger partial charge on any atom is 1.00 e. The molecule has 176 valence electrons. The van der Waals surface area contributed by atoms with Crippen LogP contribution in [-0.4, -0.2) is 10.9 Å². The zero-order valence-electron chi connectivity index (χ0n) is 23.4. The van der Waals surface area contributed by atoms with Gasteiger partial charge in [-0.25, -0.2) is 0 Å². The molecule has 0 aromatic heterocycles. The van der Waals surface area contributed by atoms with Crippen LogP contribution in [0.5, 0.6) is 0 Å². The number of carbonyl (C=O) groups excluding carboxylic acids is 1. The van der Waals surface area contributed by atoms with Crippen molar-refractivity contribution in [2.75, 3.05) is 0 Å². The Kier molecular flexibility index (Phi) is 7.70. The van der Waals surface area contributed by atoms with Crippen molar-refractivity contribution in [1.29, 1.82) is 0 Å². The number of ketones is 1. The third-order valence-electron chi connectivity index (χ3n) is 7.90. The third kappa shape index (κ3) is 5.10. The monoisotopic (exact) mass is 482 g/mol. The van der Waals surface area contributed by atoms with Crippen molar-refractivity contribution in [2.24, 2.45) is 5.41 Å². The summed E-state index contributed by atoms with van der Waals surface area (Å²) in [4.78, 5) is 12.7. The number of aliphatic hydroxyl groups is 1. The molecule has 2 nitrogen and oxygen atoms in total. The summed E-state index contributed by atoms with van der Waals surface area (Å²) in [5.74, 6) is 0.226. The molecule has 34 heavy (non-hydrogen) atoms. The molecule has 0 bridgehead atoms. The van der Waals surface area contributed by atoms with Crippen LogP contribution in [0.1, 0.15) is 102 Å². The summed E-state index contributed by atoms with van der Waals surface area (Å²) in [6.07, 6.45) is 3.37. The van der Waals surface area contributed by atoms with E-state index in [0.717, 1.165) is 16.7 Å². The normalized spacial score (nSPS) is 20.4. The zero-order valence-corrected chi connectivity index (χ0v) is 25.5. The SMILES string of the molecule is C=C(c1ccc(C2=C(O)CC(C)(C)CC2=O)cc1)c1cc2c(cc1C)C(C)(C)CCC2(C)C.[H-].[K+]. The van der Waals surface area contributed by atoms with Gasteiger partial charge in [0.25, 0.3) is 0 Å². The Bertz CT molecular complexity index is 1180. The Balaban J connectivity index is 0.00000216. The minimum Gasteiger partial charge on any atom is -1.00 e. The van der Waals surface area contributed by atoms with Gasteiger partial charge in [-0.2, -0.15) is 0 Å². The van der Waals surface area contributed by atoms with E-state index in [1.807, 2.05) is 38.1 Å². The van der Waals surface area contributed by atoms with E-state index in [-0.39, 0.29) is 80.6 Å². The predicted molar refractivity (Wildman–Crippen MR) is 140 cm³/mol. The first-order valence-electron chi connectivity index (χ1n) is 12.1. The largest absolute Gasteiger partial charge is 1.00 e. The van der Waals surface area contributed by atoms with Crippen LogP contribution in [0.15, 0.2) is 48.7 Å². The third-order valence-corrected chi connectivity index (χ3v) is 7.90. The van der Waals surface area contributed by atoms with Crippen LogP contribution in [0.3, 0.4) is 0 Å². The summed E-state index contributed by atoms with van der Waals surface area (Å²) in [5, 5.41) is 10.6. The molecule has 0 atom stereocenters. The van der Waals surface area contributed by atoms with E-state index in [0.29, 0.717) is 18.4 Å². The number of carbonyl (C=O) groups is 1. The van der Waals surface area contributed by atoms with E-state index in [1.165, 1.54) is 35.1 Å². The molecule has 2 aromatic carbocycles. The van der Waals surface area contributed by atoms with Crippen LogP contribution in [0, 0.1) is 12.3 Å². The van der Waals surface area contributed by atoms with E-state index in [2.05, 4.69) is 53.3 Å². The van der Waals surface area contributed by atoms with E-state index in [1.54, 1.807) is 0 Å². The summed E-state index contributed by atoms with van der Waals surface area (Å²) in [6, 6.07) is 12.7. The number of hydrogen-bond donors (Lipinski definition) is 1. The van der Waals surface area contributed by atoms with E-state index < -0.39 is 0 Å². The molecular weight excluding hydrogens is 443 g/mol. The van der Waals surface area contributed by atoms with Crippen LogP contribution < -0.4 is 51.4 Å². The zero-order chi connectivity index (χ0) is 24.3. The van der Waals surface area contributed by atoms with Gasteiger partial charge in [0, 0.05) is 12.8 Å². The topological polar surface area (TPSA) is 37.3 Å². The Morgan fingerprint density at radius 3 is 1.97 bits per heavy atom. The first-order chi connectivity index (χ1) is 15.2. The van der Waals surface area contributed by atoms with Gasteiger partial charge >= 0.3 is 51.4 Å². The fraction of sp³-hybridized carbons (Fsp3) is 0.452. The average Bonchev–Trinajstić information content (AvgIpc) is 2.70. The summed E-state index contributed by atoms with van der Waals surface area (Å²) in [7, 11) is 0. The molecule has 0 fully saturated rings. The first-order valence-corrected chi connectivity index (χ1v) is 12.1. The number of aryl methyl sites for hydroxylation is 1. The van der Waals surface area contributed by atoms with Crippen molar-refractivity contribution in [2.45, 2.75) is 85.0 Å². The van der Waals surface area contributed by atoms with Crippen molar-refractivity contribution in [3.8, 4) is 0 Å². The molecule has 0 unspecified atom stereocenters. The van der Waals surface area contributed by atoms with Crippen molar-refractivity contribution >= 4 is 16.9 Å². The Morgan fingerprint density at radius 1 is 0.912 bits per heavy atom. The number of rotatable bonds is 3. The molecule has 2 aliphatic carbocycles. The number of aliphatic hydroxyl groups excluding tert-OH is 1. The smallest absolute Gasteiger partial charge is 1.00 e. The van der Waals surface area contributed by atoms with E-state index >= 15 is 0 Å². The summed E-state index contributed by atoms with van der Waals surface area (Å²) in [5.41, 5.74) is 8.77. The average molecular weight is 483 g/mol. The molecule has 0 radical (unpaired) electrons. The van der Waals surface area contributed by atoms with Gasteiger partial charge < -0.3 is 6.53 Å². The Labute approximate surface area is 249 Å². The van der Waals surface area contributed by atoms with Gasteiger partial charge in [0.15, 0.2) is 5.78 Å². The van der Waals surface area contributed by atoms with Crippen molar-refractivity contribution in [3.63, 3.8) is 0 Å². The molecule has 0 saturated carbocycles. The quantitative estimate of drug-likeness (QED) is 0.612. The molecule has 0 amide bonds. The van der Waals surface area contributed by atoms with Crippen molar-refractivity contribution in [3.05, 3.63) is 82.1 Å². The van der Waals surface area contributed by atoms with Crippen LogP contribution in [0.4, 0.5) is 0 Å². The van der Waals surface area contributed by atoms with Gasteiger partial charge in [0.1, 0.15) is 5.76 Å². The van der Waals surface area contributed by atoms with Gasteiger partial charge in [-0.1, -0.05) is 84.5 Å². The fourth-order valence-corrected chi connectivity index (χ4v) is 5.66. The molecule has 1 N–H and O–H groups in total. The van der Waals surface area contributed by atoms with E-state index in [9.17, 15) is 9.90 Å². The molecular formula is C31H39KO2. The number of fused-ring (bicyclic) bond motifs is 1. The standard InChI is InChI=1S/C31H38O2.K.H/c1-19-15-24-25(31(7,8)14-13-30(24,5)6)16-23(19)20(2)21-9-11-22(12-10-21)28-26(32)17-29(3,4)18-27(28)33;;/h9-12,15-16,32H,2,13-14,17-18H2,1,3-8H3;;/q;+1;-1. The second kappa shape index (κ2) is 9.48. The number of hydrogen-bond acceptors (Lipinski definition) is 2. The fourth-order valence-electron chi connectivity index (χ4n) is 5.66. The second-order valence-electron chi connectivity index (χ2n) is 12.3. The Hall–Kier alpha value is -0.974. The molecule has 0 spiro atoms. The summed E-state index contributed by atoms with van der Waals surface area (Å²) < 4.78 is 0. The van der Waals surface area contributed by atoms with Gasteiger partial charge in [-0.15, -0.1) is 0 Å². The summed E-state index contributed by atoms with van der Waals surface area (Å²) >= 11 is 0. The predicted octanol–water partition coefficient (Wildman–Crippen LogP) is 5.18. The van der Waals surface area contributed by atoms with Crippen LogP contribution in [0.25, 0.3) is 11.1 Å². The van der Waals surface area contributed by atoms with Gasteiger partial charge in [0.05, 0.1) is 5.57 Å². The molecule has 0 aliphatic heterocycles. The number of allylic oxidation sites excluding steroid dienone is 2. The molecule has 0 heterocycles. The van der Waals surface area contributed by atoms with Crippen LogP contribution >= 0.6 is 0 Å². The molecule has 4 rings (SSSR count). The summed E-state index contributed by atoms with van der Waals surface area (Å²) in [6.45, 7) is 20.1. The maximum absolute atomic E-state index is 12.7. The van der Waals surface area contributed by atoms with Crippen LogP contribution in [-0.2, 0) is 15.6 Å². The maximum atomic E-state index is 12.7. The Morgan fingerprint density at radius 2 is 1.44 bits per heavy atom.